The Morgan fingerprint density at radius 3 is 2.67 bits per heavy atom. The molecule has 0 bridgehead atoms. The Morgan fingerprint density at radius 1 is 1.13 bits per heavy atom. The minimum Gasteiger partial charge on any atom is -0.348 e. The second-order valence-corrected chi connectivity index (χ2v) is 6.79. The second-order valence-electron chi connectivity index (χ2n) is 6.79. The van der Waals surface area contributed by atoms with E-state index in [1.54, 1.807) is 6.07 Å². The van der Waals surface area contributed by atoms with E-state index in [-0.39, 0.29) is 12.1 Å². The van der Waals surface area contributed by atoms with Crippen LogP contribution in [0, 0.1) is 5.82 Å². The van der Waals surface area contributed by atoms with Gasteiger partial charge in [-0.2, -0.15) is 0 Å². The molecular weight excluding hydrogens is 387 g/mol. The van der Waals surface area contributed by atoms with Crippen molar-refractivity contribution in [2.75, 3.05) is 0 Å². The quantitative estimate of drug-likeness (QED) is 0.546. The molecule has 0 spiro atoms. The number of aromatic amines is 1. The summed E-state index contributed by atoms with van der Waals surface area (Å²) in [5.41, 5.74) is 1.10. The van der Waals surface area contributed by atoms with Crippen molar-refractivity contribution < 1.29 is 9.18 Å². The number of hydrogen-bond donors (Lipinski definition) is 2. The van der Waals surface area contributed by atoms with Crippen LogP contribution in [-0.2, 0) is 13.6 Å². The first-order valence-corrected chi connectivity index (χ1v) is 9.15. The molecule has 7 nitrogen and oxygen atoms in total. The molecule has 0 aliphatic heterocycles. The summed E-state index contributed by atoms with van der Waals surface area (Å²) in [4.78, 5) is 43.1. The Kier molecular flexibility index (Phi) is 4.97. The fourth-order valence-corrected chi connectivity index (χ4v) is 3.16. The number of fused-ring (bicyclic) bond motifs is 1. The van der Waals surface area contributed by atoms with Gasteiger partial charge in [-0.05, 0) is 18.2 Å². The number of nitrogens with one attached hydrogen (secondary N) is 2. The Hall–Kier alpha value is -4.07. The highest BCUT2D eigenvalue weighted by Crippen LogP contribution is 2.25. The van der Waals surface area contributed by atoms with Crippen LogP contribution in [0.2, 0.25) is 0 Å². The van der Waals surface area contributed by atoms with Crippen molar-refractivity contribution in [2.45, 2.75) is 6.54 Å². The lowest BCUT2D eigenvalue weighted by molar-refractivity contribution is 0.0952. The van der Waals surface area contributed by atoms with E-state index in [4.69, 9.17) is 0 Å². The van der Waals surface area contributed by atoms with Gasteiger partial charge in [0.05, 0.1) is 22.3 Å². The molecule has 150 valence electrons. The average molecular weight is 404 g/mol. The zero-order valence-corrected chi connectivity index (χ0v) is 16.0. The van der Waals surface area contributed by atoms with Crippen LogP contribution in [0.1, 0.15) is 15.9 Å². The van der Waals surface area contributed by atoms with Crippen LogP contribution in [0.25, 0.3) is 22.2 Å². The van der Waals surface area contributed by atoms with Gasteiger partial charge in [0.15, 0.2) is 0 Å². The van der Waals surface area contributed by atoms with Crippen molar-refractivity contribution in [3.8, 4) is 11.3 Å². The Bertz CT molecular complexity index is 1380. The van der Waals surface area contributed by atoms with Crippen molar-refractivity contribution in [1.29, 1.82) is 0 Å². The number of pyridine rings is 1. The first kappa shape index (κ1) is 19.3. The predicted octanol–water partition coefficient (Wildman–Crippen LogP) is 2.36. The van der Waals surface area contributed by atoms with E-state index in [1.165, 1.54) is 36.0 Å². The maximum Gasteiger partial charge on any atom is 0.328 e. The lowest BCUT2D eigenvalue weighted by atomic mass is 10.0. The molecule has 0 saturated carbocycles. The molecule has 30 heavy (non-hydrogen) atoms. The van der Waals surface area contributed by atoms with Crippen LogP contribution in [0.5, 0.6) is 0 Å². The van der Waals surface area contributed by atoms with Gasteiger partial charge in [-0.15, -0.1) is 0 Å². The Balaban J connectivity index is 1.73. The second kappa shape index (κ2) is 7.75. The molecule has 2 N–H and O–H groups in total. The molecule has 0 radical (unpaired) electrons. The largest absolute Gasteiger partial charge is 0.348 e. The molecule has 0 aliphatic carbocycles. The molecule has 0 unspecified atom stereocenters. The number of carbonyl (C=O) groups is 1. The molecule has 2 aromatic carbocycles. The van der Waals surface area contributed by atoms with Crippen molar-refractivity contribution in [3.05, 3.63) is 98.6 Å². The summed E-state index contributed by atoms with van der Waals surface area (Å²) in [6, 6.07) is 14.9. The zero-order valence-electron chi connectivity index (χ0n) is 16.0. The van der Waals surface area contributed by atoms with E-state index in [0.29, 0.717) is 22.2 Å². The summed E-state index contributed by atoms with van der Waals surface area (Å²) < 4.78 is 15.0. The van der Waals surface area contributed by atoms with Gasteiger partial charge in [0.2, 0.25) is 0 Å². The third kappa shape index (κ3) is 3.75. The van der Waals surface area contributed by atoms with E-state index in [0.717, 1.165) is 5.56 Å². The van der Waals surface area contributed by atoms with Crippen LogP contribution >= 0.6 is 0 Å². The number of benzene rings is 2. The number of amides is 1. The van der Waals surface area contributed by atoms with Crippen LogP contribution in [0.15, 0.2) is 70.4 Å². The highest BCUT2D eigenvalue weighted by molar-refractivity contribution is 6.07. The third-order valence-corrected chi connectivity index (χ3v) is 4.71. The molecule has 8 heteroatoms. The zero-order chi connectivity index (χ0) is 21.3. The van der Waals surface area contributed by atoms with Crippen molar-refractivity contribution in [3.63, 3.8) is 0 Å². The average Bonchev–Trinajstić information content (AvgIpc) is 2.74. The summed E-state index contributed by atoms with van der Waals surface area (Å²) in [5, 5.41) is 3.18. The molecule has 0 saturated heterocycles. The van der Waals surface area contributed by atoms with Gasteiger partial charge in [0.1, 0.15) is 5.82 Å². The number of aromatic nitrogens is 3. The van der Waals surface area contributed by atoms with Crippen LogP contribution in [-0.4, -0.2) is 20.4 Å². The van der Waals surface area contributed by atoms with Crippen molar-refractivity contribution in [2.24, 2.45) is 7.05 Å². The predicted molar refractivity (Wildman–Crippen MR) is 111 cm³/mol. The first-order valence-electron chi connectivity index (χ1n) is 9.15. The molecule has 0 fully saturated rings. The molecular formula is C22H17FN4O3. The minimum atomic E-state index is -0.565. The van der Waals surface area contributed by atoms with E-state index >= 15 is 0 Å². The Morgan fingerprint density at radius 2 is 1.90 bits per heavy atom. The molecule has 2 heterocycles. The molecule has 0 atom stereocenters. The lowest BCUT2D eigenvalue weighted by Gasteiger charge is -2.11. The summed E-state index contributed by atoms with van der Waals surface area (Å²) >= 11 is 0. The van der Waals surface area contributed by atoms with Gasteiger partial charge < -0.3 is 9.88 Å². The summed E-state index contributed by atoms with van der Waals surface area (Å²) in [5.74, 6) is -0.900. The fraction of sp³-hybridized carbons (Fsp3) is 0.0909. The topological polar surface area (TPSA) is 96.8 Å². The van der Waals surface area contributed by atoms with Crippen molar-refractivity contribution in [1.82, 2.24) is 19.9 Å². The van der Waals surface area contributed by atoms with Crippen molar-refractivity contribution >= 4 is 16.8 Å². The molecule has 0 aliphatic rings. The first-order chi connectivity index (χ1) is 14.4. The maximum absolute atomic E-state index is 13.8. The number of nitrogens with zero attached hydrogens (tertiary/aromatic N) is 2. The van der Waals surface area contributed by atoms with E-state index < -0.39 is 23.0 Å². The maximum atomic E-state index is 13.8. The van der Waals surface area contributed by atoms with Crippen LogP contribution in [0.4, 0.5) is 4.39 Å². The summed E-state index contributed by atoms with van der Waals surface area (Å²) in [6.07, 6.45) is 1.37. The summed E-state index contributed by atoms with van der Waals surface area (Å²) in [6.45, 7) is -0.0754. The number of hydrogen-bond acceptors (Lipinski definition) is 4. The summed E-state index contributed by atoms with van der Waals surface area (Å²) in [7, 11) is 1.50. The monoisotopic (exact) mass is 404 g/mol. The third-order valence-electron chi connectivity index (χ3n) is 4.71. The highest BCUT2D eigenvalue weighted by Gasteiger charge is 2.15. The smallest absolute Gasteiger partial charge is 0.328 e. The van der Waals surface area contributed by atoms with E-state index in [2.05, 4.69) is 15.3 Å². The van der Waals surface area contributed by atoms with Gasteiger partial charge in [-0.25, -0.2) is 14.2 Å². The highest BCUT2D eigenvalue weighted by atomic mass is 19.1. The van der Waals surface area contributed by atoms with Gasteiger partial charge in [-0.3, -0.25) is 14.6 Å². The standard InChI is InChI=1S/C22H17FN4O3/c1-27-12-14(20(28)26-22(27)30)11-24-21(29)17-10-18(13-5-3-2-4-6-13)25-19-9-15(23)7-8-16(17)19/h2-10,12H,11H2,1H3,(H,24,29)(H,26,28,30). The van der Waals surface area contributed by atoms with Gasteiger partial charge >= 0.3 is 5.69 Å². The van der Waals surface area contributed by atoms with Gasteiger partial charge in [-0.1, -0.05) is 30.3 Å². The fourth-order valence-electron chi connectivity index (χ4n) is 3.16. The van der Waals surface area contributed by atoms with Crippen LogP contribution in [0.3, 0.4) is 0 Å². The molecule has 4 aromatic rings. The number of rotatable bonds is 4. The lowest BCUT2D eigenvalue weighted by Crippen LogP contribution is -2.33. The van der Waals surface area contributed by atoms with Gasteiger partial charge in [0.25, 0.3) is 11.5 Å². The number of aryl methyl sites for hydroxylation is 1. The molecule has 1 amide bonds. The van der Waals surface area contributed by atoms with E-state index in [9.17, 15) is 18.8 Å². The number of H-pyrrole nitrogens is 1. The minimum absolute atomic E-state index is 0.0754. The SMILES string of the molecule is Cn1cc(CNC(=O)c2cc(-c3ccccc3)nc3cc(F)ccc23)c(=O)[nH]c1=O. The number of halogens is 1. The normalized spacial score (nSPS) is 10.9. The van der Waals surface area contributed by atoms with E-state index in [1.807, 2.05) is 30.3 Å². The Labute approximate surface area is 169 Å². The molecule has 2 aromatic heterocycles. The number of carbonyl (C=O) groups excluding carboxylic acids is 1. The molecule has 4 rings (SSSR count). The van der Waals surface area contributed by atoms with Crippen LogP contribution < -0.4 is 16.6 Å². The van der Waals surface area contributed by atoms with Gasteiger partial charge in [0, 0.05) is 36.8 Å².